The van der Waals surface area contributed by atoms with E-state index in [9.17, 15) is 15.1 Å². The summed E-state index contributed by atoms with van der Waals surface area (Å²) in [5.41, 5.74) is -0.211. The third kappa shape index (κ3) is 2.44. The lowest BCUT2D eigenvalue weighted by Gasteiger charge is -2.25. The molecule has 0 aliphatic carbocycles. The molecule has 0 fully saturated rings. The van der Waals surface area contributed by atoms with Crippen molar-refractivity contribution in [2.45, 2.75) is 6.10 Å². The van der Waals surface area contributed by atoms with Crippen molar-refractivity contribution in [1.82, 2.24) is 0 Å². The first kappa shape index (κ1) is 11.4. The first-order chi connectivity index (χ1) is 7.07. The second-order valence-corrected chi connectivity index (χ2v) is 2.76. The van der Waals surface area contributed by atoms with Gasteiger partial charge in [-0.15, -0.1) is 0 Å². The van der Waals surface area contributed by atoms with Gasteiger partial charge in [-0.2, -0.15) is 0 Å². The Bertz CT molecular complexity index is 352. The van der Waals surface area contributed by atoms with Crippen molar-refractivity contribution < 1.29 is 19.8 Å². The van der Waals surface area contributed by atoms with Crippen molar-refractivity contribution in [2.24, 2.45) is 0 Å². The van der Waals surface area contributed by atoms with Gasteiger partial charge < -0.3 is 20.3 Å². The fourth-order valence-electron chi connectivity index (χ4n) is 1.13. The first-order valence-electron chi connectivity index (χ1n) is 4.09. The fourth-order valence-corrected chi connectivity index (χ4v) is 1.13. The van der Waals surface area contributed by atoms with Gasteiger partial charge in [0, 0.05) is 5.56 Å². The summed E-state index contributed by atoms with van der Waals surface area (Å²) in [6.07, 6.45) is -1.59. The maximum absolute atomic E-state index is 11.0. The molecular formula is C9H10NO5-. The van der Waals surface area contributed by atoms with Crippen LogP contribution in [0.4, 0.5) is 5.69 Å². The Morgan fingerprint density at radius 3 is 2.67 bits per heavy atom. The zero-order chi connectivity index (χ0) is 11.4. The average Bonchev–Trinajstić information content (AvgIpc) is 2.27. The quantitative estimate of drug-likeness (QED) is 0.562. The molecular weight excluding hydrogens is 202 g/mol. The van der Waals surface area contributed by atoms with Crippen LogP contribution in [0.5, 0.6) is 0 Å². The van der Waals surface area contributed by atoms with Crippen molar-refractivity contribution in [2.75, 3.05) is 12.3 Å². The number of carbonyl (C=O) groups excluding carboxylic acids is 1. The van der Waals surface area contributed by atoms with Gasteiger partial charge in [-0.3, -0.25) is 5.21 Å². The predicted octanol–water partition coefficient (Wildman–Crippen LogP) is 0.586. The van der Waals surface area contributed by atoms with Crippen LogP contribution >= 0.6 is 0 Å². The van der Waals surface area contributed by atoms with E-state index in [1.165, 1.54) is 24.3 Å². The lowest BCUT2D eigenvalue weighted by atomic mass is 10.1. The van der Waals surface area contributed by atoms with Gasteiger partial charge in [0.15, 0.2) is 6.10 Å². The second-order valence-electron chi connectivity index (χ2n) is 2.76. The summed E-state index contributed by atoms with van der Waals surface area (Å²) < 4.78 is 4.31. The van der Waals surface area contributed by atoms with Gasteiger partial charge in [0.05, 0.1) is 12.8 Å². The van der Waals surface area contributed by atoms with Crippen LogP contribution in [-0.2, 0) is 9.53 Å². The number of para-hydroxylation sites is 1. The van der Waals surface area contributed by atoms with Gasteiger partial charge in [0.2, 0.25) is 0 Å². The van der Waals surface area contributed by atoms with Crippen LogP contribution < -0.4 is 5.23 Å². The molecule has 0 bridgehead atoms. The minimum absolute atomic E-state index is 0.0122. The molecule has 1 rings (SSSR count). The summed E-state index contributed by atoms with van der Waals surface area (Å²) in [5, 5.41) is 28.5. The van der Waals surface area contributed by atoms with Gasteiger partial charge in [0.25, 0.3) is 0 Å². The molecule has 6 nitrogen and oxygen atoms in total. The molecule has 0 amide bonds. The Balaban J connectivity index is 3.07. The number of aliphatic hydroxyl groups excluding tert-OH is 1. The largest absolute Gasteiger partial charge is 0.733 e. The highest BCUT2D eigenvalue weighted by molar-refractivity contribution is 5.78. The molecule has 15 heavy (non-hydrogen) atoms. The zero-order valence-electron chi connectivity index (χ0n) is 7.95. The van der Waals surface area contributed by atoms with E-state index in [0.29, 0.717) is 0 Å². The highest BCUT2D eigenvalue weighted by Gasteiger charge is 2.20. The Morgan fingerprint density at radius 1 is 1.53 bits per heavy atom. The number of esters is 1. The Labute approximate surface area is 85.9 Å². The third-order valence-corrected chi connectivity index (χ3v) is 1.86. The van der Waals surface area contributed by atoms with Crippen LogP contribution in [0.3, 0.4) is 0 Å². The topological polar surface area (TPSA) is 93.1 Å². The lowest BCUT2D eigenvalue weighted by molar-refractivity contribution is -0.150. The molecule has 0 aliphatic rings. The molecule has 1 aromatic carbocycles. The Morgan fingerprint density at radius 2 is 2.13 bits per heavy atom. The molecule has 2 N–H and O–H groups in total. The molecule has 1 unspecified atom stereocenters. The molecule has 0 aliphatic heterocycles. The number of anilines is 1. The third-order valence-electron chi connectivity index (χ3n) is 1.86. The van der Waals surface area contributed by atoms with Crippen LogP contribution in [-0.4, -0.2) is 23.4 Å². The molecule has 0 heterocycles. The van der Waals surface area contributed by atoms with Crippen LogP contribution in [0, 0.1) is 5.21 Å². The van der Waals surface area contributed by atoms with Crippen LogP contribution in [0.15, 0.2) is 24.3 Å². The summed E-state index contributed by atoms with van der Waals surface area (Å²) in [7, 11) is 1.11. The van der Waals surface area contributed by atoms with E-state index in [-0.39, 0.29) is 11.3 Å². The smallest absolute Gasteiger partial charge is 0.339 e. The summed E-state index contributed by atoms with van der Waals surface area (Å²) >= 11 is 0. The second kappa shape index (κ2) is 4.74. The minimum Gasteiger partial charge on any atom is -0.733 e. The van der Waals surface area contributed by atoms with E-state index in [2.05, 4.69) is 4.74 Å². The van der Waals surface area contributed by atoms with Gasteiger partial charge in [-0.05, 0) is 6.07 Å². The summed E-state index contributed by atoms with van der Waals surface area (Å²) in [5.74, 6) is -0.899. The number of aliphatic hydroxyl groups is 1. The maximum Gasteiger partial charge on any atom is 0.339 e. The maximum atomic E-state index is 11.0. The van der Waals surface area contributed by atoms with Gasteiger partial charge >= 0.3 is 5.97 Å². The summed E-state index contributed by atoms with van der Waals surface area (Å²) in [4.78, 5) is 11.0. The molecule has 82 valence electrons. The number of methoxy groups -OCH3 is 1. The van der Waals surface area contributed by atoms with E-state index in [1.807, 2.05) is 0 Å². The Kier molecular flexibility index (Phi) is 3.62. The normalized spacial score (nSPS) is 12.0. The molecule has 0 spiro atoms. The van der Waals surface area contributed by atoms with Crippen LogP contribution in [0.2, 0.25) is 0 Å². The van der Waals surface area contributed by atoms with Crippen molar-refractivity contribution in [3.63, 3.8) is 0 Å². The van der Waals surface area contributed by atoms with E-state index in [4.69, 9.17) is 5.21 Å². The monoisotopic (exact) mass is 212 g/mol. The van der Waals surface area contributed by atoms with Crippen LogP contribution in [0.1, 0.15) is 11.7 Å². The highest BCUT2D eigenvalue weighted by atomic mass is 16.8. The van der Waals surface area contributed by atoms with Gasteiger partial charge in [-0.25, -0.2) is 4.79 Å². The SMILES string of the molecule is COC(=O)C(O)c1ccccc1N([O-])O. The molecule has 1 aromatic rings. The van der Waals surface area contributed by atoms with Gasteiger partial charge in [-0.1, -0.05) is 18.2 Å². The fraction of sp³-hybridized carbons (Fsp3) is 0.222. The Hall–Kier alpha value is -1.63. The van der Waals surface area contributed by atoms with E-state index < -0.39 is 17.3 Å². The molecule has 0 saturated heterocycles. The molecule has 0 aromatic heterocycles. The summed E-state index contributed by atoms with van der Waals surface area (Å²) in [6, 6.07) is 5.63. The number of benzene rings is 1. The molecule has 0 saturated carbocycles. The lowest BCUT2D eigenvalue weighted by Crippen LogP contribution is -2.18. The number of carbonyl (C=O) groups is 1. The summed E-state index contributed by atoms with van der Waals surface area (Å²) in [6.45, 7) is 0. The zero-order valence-corrected chi connectivity index (χ0v) is 7.95. The van der Waals surface area contributed by atoms with E-state index in [1.54, 1.807) is 0 Å². The number of rotatable bonds is 3. The van der Waals surface area contributed by atoms with Gasteiger partial charge in [0.1, 0.15) is 0 Å². The highest BCUT2D eigenvalue weighted by Crippen LogP contribution is 2.25. The van der Waals surface area contributed by atoms with Crippen molar-refractivity contribution in [1.29, 1.82) is 0 Å². The number of nitrogens with zero attached hydrogens (tertiary/aromatic N) is 1. The van der Waals surface area contributed by atoms with E-state index in [0.717, 1.165) is 7.11 Å². The number of ether oxygens (including phenoxy) is 1. The molecule has 6 heteroatoms. The van der Waals surface area contributed by atoms with Crippen molar-refractivity contribution in [3.8, 4) is 0 Å². The first-order valence-corrected chi connectivity index (χ1v) is 4.09. The number of hydrogen-bond acceptors (Lipinski definition) is 6. The van der Waals surface area contributed by atoms with Crippen molar-refractivity contribution in [3.05, 3.63) is 35.0 Å². The molecule has 1 atom stereocenters. The molecule has 0 radical (unpaired) electrons. The van der Waals surface area contributed by atoms with Crippen LogP contribution in [0.25, 0.3) is 0 Å². The van der Waals surface area contributed by atoms with Crippen molar-refractivity contribution >= 4 is 11.7 Å². The predicted molar refractivity (Wildman–Crippen MR) is 51.1 cm³/mol. The van der Waals surface area contributed by atoms with E-state index >= 15 is 0 Å². The average molecular weight is 212 g/mol. The minimum atomic E-state index is -1.59. The standard InChI is InChI=1S/C9H10NO5/c1-15-9(12)8(11)6-4-2-3-5-7(6)10(13)14/h2-5,8,11,13H,1H3/q-1. The number of hydrogen-bond donors (Lipinski definition) is 2.